The number of hydrogen-bond acceptors (Lipinski definition) is 11. The fourth-order valence-corrected chi connectivity index (χ4v) is 6.10. The Balaban J connectivity index is 1.13. The third kappa shape index (κ3) is 7.64. The van der Waals surface area contributed by atoms with Gasteiger partial charge in [0, 0.05) is 57.8 Å². The van der Waals surface area contributed by atoms with Gasteiger partial charge in [0.05, 0.1) is 26.4 Å². The molecule has 3 atom stereocenters. The Labute approximate surface area is 263 Å². The van der Waals surface area contributed by atoms with E-state index in [1.807, 2.05) is 48.2 Å². The van der Waals surface area contributed by atoms with Crippen LogP contribution in [0.4, 0.5) is 0 Å². The van der Waals surface area contributed by atoms with Crippen LogP contribution in [-0.2, 0) is 30.3 Å². The molecule has 1 saturated heterocycles. The van der Waals surface area contributed by atoms with E-state index < -0.39 is 6.29 Å². The molecule has 4 aliphatic rings. The summed E-state index contributed by atoms with van der Waals surface area (Å²) in [4.78, 5) is 18.1. The predicted molar refractivity (Wildman–Crippen MR) is 161 cm³/mol. The van der Waals surface area contributed by atoms with E-state index >= 15 is 0 Å². The molecule has 2 aromatic rings. The van der Waals surface area contributed by atoms with Gasteiger partial charge in [0.1, 0.15) is 0 Å². The maximum atomic E-state index is 13.9. The molecule has 4 heterocycles. The summed E-state index contributed by atoms with van der Waals surface area (Å²) in [6.07, 6.45) is 1.94. The van der Waals surface area contributed by atoms with Crippen molar-refractivity contribution in [3.63, 3.8) is 0 Å². The minimum atomic E-state index is -0.629. The van der Waals surface area contributed by atoms with E-state index in [-0.39, 0.29) is 44.5 Å². The van der Waals surface area contributed by atoms with Crippen LogP contribution in [0.5, 0.6) is 23.0 Å². The number of hydrogen-bond donors (Lipinski definition) is 1. The molecule has 0 saturated carbocycles. The second-order valence-electron chi connectivity index (χ2n) is 11.3. The molecule has 1 N–H and O–H groups in total. The van der Waals surface area contributed by atoms with Crippen LogP contribution < -0.4 is 18.9 Å². The predicted octanol–water partition coefficient (Wildman–Crippen LogP) is 2.88. The maximum Gasteiger partial charge on any atom is 0.288 e. The van der Waals surface area contributed by atoms with Gasteiger partial charge in [-0.3, -0.25) is 9.69 Å². The lowest BCUT2D eigenvalue weighted by Gasteiger charge is -2.39. The summed E-state index contributed by atoms with van der Waals surface area (Å²) in [6, 6.07) is 11.9. The van der Waals surface area contributed by atoms with Gasteiger partial charge in [-0.15, -0.1) is 0 Å². The first kappa shape index (κ1) is 31.4. The zero-order chi connectivity index (χ0) is 31.0. The zero-order valence-electron chi connectivity index (χ0n) is 25.7. The number of aliphatic hydroxyl groups excluding tert-OH is 1. The Kier molecular flexibility index (Phi) is 10.6. The Morgan fingerprint density at radius 3 is 2.29 bits per heavy atom. The minimum absolute atomic E-state index is 0.0170. The minimum Gasteiger partial charge on any atom is -0.459 e. The second kappa shape index (κ2) is 15.2. The van der Waals surface area contributed by atoms with E-state index in [1.54, 1.807) is 0 Å². The molecule has 2 aromatic carbocycles. The normalized spacial score (nSPS) is 22.3. The summed E-state index contributed by atoms with van der Waals surface area (Å²) in [5.41, 5.74) is 2.14. The van der Waals surface area contributed by atoms with Crippen molar-refractivity contribution in [2.45, 2.75) is 32.1 Å². The van der Waals surface area contributed by atoms with Gasteiger partial charge in [-0.05, 0) is 54.8 Å². The van der Waals surface area contributed by atoms with Crippen molar-refractivity contribution in [2.75, 3.05) is 79.4 Å². The number of allylic oxidation sites excluding steroid dienone is 1. The van der Waals surface area contributed by atoms with Crippen molar-refractivity contribution in [3.05, 3.63) is 59.4 Å². The van der Waals surface area contributed by atoms with Crippen molar-refractivity contribution in [2.24, 2.45) is 5.92 Å². The van der Waals surface area contributed by atoms with Gasteiger partial charge in [0.2, 0.25) is 19.9 Å². The fraction of sp³-hybridized carbons (Fsp3) is 0.545. The summed E-state index contributed by atoms with van der Waals surface area (Å²) in [6.45, 7) is 7.80. The first-order valence-corrected chi connectivity index (χ1v) is 15.7. The number of amides is 1. The van der Waals surface area contributed by atoms with Gasteiger partial charge in [0.15, 0.2) is 28.8 Å². The number of benzene rings is 2. The highest BCUT2D eigenvalue weighted by Gasteiger charge is 2.40. The van der Waals surface area contributed by atoms with Crippen LogP contribution in [-0.4, -0.2) is 107 Å². The van der Waals surface area contributed by atoms with Crippen molar-refractivity contribution < 1.29 is 47.8 Å². The molecule has 4 aliphatic heterocycles. The summed E-state index contributed by atoms with van der Waals surface area (Å²) in [5, 5.41) is 8.90. The zero-order valence-corrected chi connectivity index (χ0v) is 25.7. The first-order chi connectivity index (χ1) is 22.1. The van der Waals surface area contributed by atoms with Gasteiger partial charge in [-0.2, -0.15) is 0 Å². The van der Waals surface area contributed by atoms with E-state index in [9.17, 15) is 4.79 Å². The summed E-state index contributed by atoms with van der Waals surface area (Å²) >= 11 is 0. The van der Waals surface area contributed by atoms with Crippen LogP contribution in [0.25, 0.3) is 0 Å². The van der Waals surface area contributed by atoms with Gasteiger partial charge in [0.25, 0.3) is 5.91 Å². The topological polar surface area (TPSA) is 118 Å². The average molecular weight is 627 g/mol. The molecular weight excluding hydrogens is 584 g/mol. The molecule has 0 unspecified atom stereocenters. The number of piperazine rings is 1. The quantitative estimate of drug-likeness (QED) is 0.312. The summed E-state index contributed by atoms with van der Waals surface area (Å²) in [7, 11) is 0. The second-order valence-corrected chi connectivity index (χ2v) is 11.3. The molecule has 6 rings (SSSR count). The van der Waals surface area contributed by atoms with Crippen LogP contribution in [0, 0.1) is 5.92 Å². The molecule has 0 radical (unpaired) electrons. The highest BCUT2D eigenvalue weighted by molar-refractivity contribution is 5.92. The van der Waals surface area contributed by atoms with Gasteiger partial charge in [-0.25, -0.2) is 0 Å². The lowest BCUT2D eigenvalue weighted by molar-refractivity contribution is -0.172. The van der Waals surface area contributed by atoms with Crippen molar-refractivity contribution >= 4 is 5.91 Å². The number of aliphatic hydroxyl groups is 1. The number of ether oxygens (including phenoxy) is 8. The molecule has 0 aliphatic carbocycles. The van der Waals surface area contributed by atoms with Crippen LogP contribution in [0.3, 0.4) is 0 Å². The number of nitrogens with zero attached hydrogens (tertiary/aromatic N) is 2. The average Bonchev–Trinajstić information content (AvgIpc) is 3.74. The van der Waals surface area contributed by atoms with Gasteiger partial charge in [-0.1, -0.05) is 12.1 Å². The summed E-state index contributed by atoms with van der Waals surface area (Å²) in [5.74, 6) is 2.82. The Bertz CT molecular complexity index is 1330. The fourth-order valence-electron chi connectivity index (χ4n) is 6.10. The van der Waals surface area contributed by atoms with Crippen LogP contribution >= 0.6 is 0 Å². The van der Waals surface area contributed by atoms with E-state index in [4.69, 9.17) is 43.0 Å². The largest absolute Gasteiger partial charge is 0.459 e. The maximum absolute atomic E-state index is 13.9. The first-order valence-electron chi connectivity index (χ1n) is 15.7. The Morgan fingerprint density at radius 1 is 0.867 bits per heavy atom. The number of carbonyl (C=O) groups excluding carboxylic acids is 1. The van der Waals surface area contributed by atoms with E-state index in [0.717, 1.165) is 42.3 Å². The molecule has 0 aromatic heterocycles. The molecule has 1 fully saturated rings. The van der Waals surface area contributed by atoms with Crippen LogP contribution in [0.15, 0.2) is 48.2 Å². The molecular formula is C33H42N2O10. The Morgan fingerprint density at radius 2 is 1.56 bits per heavy atom. The van der Waals surface area contributed by atoms with Crippen molar-refractivity contribution in [1.82, 2.24) is 9.80 Å². The van der Waals surface area contributed by atoms with Gasteiger partial charge >= 0.3 is 0 Å². The van der Waals surface area contributed by atoms with E-state index in [2.05, 4.69) is 11.0 Å². The Hall–Kier alpha value is -3.55. The molecule has 1 amide bonds. The smallest absolute Gasteiger partial charge is 0.288 e. The van der Waals surface area contributed by atoms with Crippen molar-refractivity contribution in [3.8, 4) is 23.0 Å². The number of carbonyl (C=O) groups is 1. The highest BCUT2D eigenvalue weighted by atomic mass is 16.7. The van der Waals surface area contributed by atoms with E-state index in [1.165, 1.54) is 0 Å². The van der Waals surface area contributed by atoms with Gasteiger partial charge < -0.3 is 47.9 Å². The van der Waals surface area contributed by atoms with Crippen LogP contribution in [0.2, 0.25) is 0 Å². The molecule has 0 bridgehead atoms. The third-order valence-corrected chi connectivity index (χ3v) is 8.41. The lowest BCUT2D eigenvalue weighted by atomic mass is 9.81. The third-order valence-electron chi connectivity index (χ3n) is 8.41. The highest BCUT2D eigenvalue weighted by Crippen LogP contribution is 2.43. The standard InChI is InChI=1S/C33H42N2O10/c1-2-40-33-25(7-13-38-15-16-39-14-12-36)26(24-4-6-28-30(18-24)44-22-42-28)19-31(45-33)32(37)35-10-8-34(9-11-35)20-23-3-5-27-29(17-23)43-21-41-27/h3-6,17-19,25-26,33,36H,2,7-16,20-22H2,1H3/t25-,26-,33-/m1/s1. The number of rotatable bonds is 14. The molecule has 0 spiro atoms. The number of fused-ring (bicyclic) bond motifs is 2. The monoisotopic (exact) mass is 626 g/mol. The molecule has 45 heavy (non-hydrogen) atoms. The van der Waals surface area contributed by atoms with E-state index in [0.29, 0.717) is 63.2 Å². The molecule has 12 heteroatoms. The summed E-state index contributed by atoms with van der Waals surface area (Å²) < 4.78 is 45.7. The van der Waals surface area contributed by atoms with Crippen molar-refractivity contribution in [1.29, 1.82) is 0 Å². The molecule has 12 nitrogen and oxygen atoms in total. The lowest BCUT2D eigenvalue weighted by Crippen LogP contribution is -2.50. The van der Waals surface area contributed by atoms with Crippen LogP contribution in [0.1, 0.15) is 30.4 Å². The molecule has 244 valence electrons. The SMILES string of the molecule is CCO[C@@H]1OC(C(=O)N2CCN(Cc3ccc4c(c3)OCO4)CC2)=C[C@H](c2ccc3c(c2)OCO3)[C@H]1CCOCCOCCO.